The van der Waals surface area contributed by atoms with Crippen molar-refractivity contribution >= 4 is 11.7 Å². The van der Waals surface area contributed by atoms with Crippen LogP contribution < -0.4 is 10.6 Å². The van der Waals surface area contributed by atoms with Gasteiger partial charge in [-0.2, -0.15) is 0 Å². The van der Waals surface area contributed by atoms with Crippen molar-refractivity contribution in [1.29, 1.82) is 0 Å². The number of carbonyl (C=O) groups is 1. The number of aromatic nitrogens is 5. The van der Waals surface area contributed by atoms with E-state index in [1.165, 1.54) is 11.0 Å². The first kappa shape index (κ1) is 16.6. The fourth-order valence-electron chi connectivity index (χ4n) is 2.50. The Bertz CT molecular complexity index is 833. The first-order valence-electron chi connectivity index (χ1n) is 7.99. The zero-order valence-corrected chi connectivity index (χ0v) is 14.0. The smallest absolute Gasteiger partial charge is 0.319 e. The number of urea groups is 1. The van der Waals surface area contributed by atoms with Gasteiger partial charge < -0.3 is 10.6 Å². The molecule has 1 aromatic carbocycles. The molecule has 0 bridgehead atoms. The molecule has 0 aliphatic carbocycles. The molecule has 3 aromatic rings. The highest BCUT2D eigenvalue weighted by atomic mass is 16.2. The fourth-order valence-corrected chi connectivity index (χ4v) is 2.50. The maximum absolute atomic E-state index is 12.4. The third-order valence-electron chi connectivity index (χ3n) is 3.90. The van der Waals surface area contributed by atoms with Gasteiger partial charge in [0.2, 0.25) is 0 Å². The summed E-state index contributed by atoms with van der Waals surface area (Å²) in [6, 6.07) is 9.09. The van der Waals surface area contributed by atoms with Gasteiger partial charge in [-0.1, -0.05) is 13.0 Å². The van der Waals surface area contributed by atoms with Crippen LogP contribution >= 0.6 is 0 Å². The second-order valence-corrected chi connectivity index (χ2v) is 5.59. The van der Waals surface area contributed by atoms with E-state index in [2.05, 4.69) is 31.1 Å². The van der Waals surface area contributed by atoms with E-state index in [0.717, 1.165) is 23.2 Å². The van der Waals surface area contributed by atoms with E-state index in [-0.39, 0.29) is 12.1 Å². The van der Waals surface area contributed by atoms with Crippen LogP contribution in [0.4, 0.5) is 10.5 Å². The molecule has 0 spiro atoms. The molecular formula is C17H19N7O. The van der Waals surface area contributed by atoms with Crippen molar-refractivity contribution in [3.05, 3.63) is 60.2 Å². The van der Waals surface area contributed by atoms with Gasteiger partial charge in [-0.25, -0.2) is 9.48 Å². The minimum Gasteiger partial charge on any atom is -0.331 e. The van der Waals surface area contributed by atoms with E-state index < -0.39 is 0 Å². The molecular weight excluding hydrogens is 318 g/mol. The van der Waals surface area contributed by atoms with Crippen molar-refractivity contribution in [2.24, 2.45) is 0 Å². The molecule has 0 fully saturated rings. The van der Waals surface area contributed by atoms with Crippen molar-refractivity contribution in [3.63, 3.8) is 0 Å². The highest BCUT2D eigenvalue weighted by molar-refractivity contribution is 5.90. The van der Waals surface area contributed by atoms with Crippen LogP contribution in [-0.4, -0.2) is 31.2 Å². The molecule has 2 heterocycles. The first-order valence-corrected chi connectivity index (χ1v) is 7.99. The lowest BCUT2D eigenvalue weighted by molar-refractivity contribution is 0.248. The average molecular weight is 337 g/mol. The Morgan fingerprint density at radius 2 is 2.04 bits per heavy atom. The first-order chi connectivity index (χ1) is 12.2. The van der Waals surface area contributed by atoms with E-state index >= 15 is 0 Å². The van der Waals surface area contributed by atoms with E-state index in [4.69, 9.17) is 0 Å². The van der Waals surface area contributed by atoms with Gasteiger partial charge in [-0.05, 0) is 59.2 Å². The van der Waals surface area contributed by atoms with Gasteiger partial charge in [0.05, 0.1) is 11.7 Å². The van der Waals surface area contributed by atoms with Crippen LogP contribution in [0.5, 0.6) is 0 Å². The van der Waals surface area contributed by atoms with E-state index in [0.29, 0.717) is 5.69 Å². The molecule has 0 unspecified atom stereocenters. The second kappa shape index (κ2) is 7.52. The number of benzene rings is 1. The number of anilines is 1. The van der Waals surface area contributed by atoms with Gasteiger partial charge in [0, 0.05) is 18.1 Å². The Kier molecular flexibility index (Phi) is 4.98. The van der Waals surface area contributed by atoms with Gasteiger partial charge in [0.15, 0.2) is 0 Å². The maximum atomic E-state index is 12.4. The summed E-state index contributed by atoms with van der Waals surface area (Å²) in [6.07, 6.45) is 5.72. The number of tetrazole rings is 1. The summed E-state index contributed by atoms with van der Waals surface area (Å²) in [6.45, 7) is 3.95. The van der Waals surface area contributed by atoms with E-state index in [1.807, 2.05) is 44.2 Å². The highest BCUT2D eigenvalue weighted by Gasteiger charge is 2.13. The molecule has 0 aliphatic heterocycles. The summed E-state index contributed by atoms with van der Waals surface area (Å²) in [4.78, 5) is 16.4. The van der Waals surface area contributed by atoms with Crippen molar-refractivity contribution in [2.75, 3.05) is 5.32 Å². The Balaban J connectivity index is 1.73. The van der Waals surface area contributed by atoms with Crippen molar-refractivity contribution in [3.8, 4) is 5.69 Å². The number of rotatable bonds is 5. The number of pyridine rings is 1. The van der Waals surface area contributed by atoms with Crippen LogP contribution in [0.1, 0.15) is 30.5 Å². The van der Waals surface area contributed by atoms with E-state index in [9.17, 15) is 4.79 Å². The highest BCUT2D eigenvalue weighted by Crippen LogP contribution is 2.20. The summed E-state index contributed by atoms with van der Waals surface area (Å²) >= 11 is 0. The van der Waals surface area contributed by atoms with Crippen LogP contribution in [0.2, 0.25) is 0 Å². The zero-order chi connectivity index (χ0) is 17.6. The molecule has 2 amide bonds. The Labute approximate surface area is 145 Å². The minimum atomic E-state index is -0.263. The second-order valence-electron chi connectivity index (χ2n) is 5.59. The monoisotopic (exact) mass is 337 g/mol. The molecule has 8 heteroatoms. The number of hydrogen-bond donors (Lipinski definition) is 2. The van der Waals surface area contributed by atoms with Crippen LogP contribution in [0.3, 0.4) is 0 Å². The van der Waals surface area contributed by atoms with E-state index in [1.54, 1.807) is 12.4 Å². The third kappa shape index (κ3) is 3.97. The number of nitrogens with zero attached hydrogens (tertiary/aromatic N) is 5. The lowest BCUT2D eigenvalue weighted by Gasteiger charge is -2.18. The average Bonchev–Trinajstić information content (AvgIpc) is 3.17. The van der Waals surface area contributed by atoms with Crippen molar-refractivity contribution < 1.29 is 4.79 Å². The maximum Gasteiger partial charge on any atom is 0.319 e. The normalized spacial score (nSPS) is 11.8. The molecule has 25 heavy (non-hydrogen) atoms. The molecule has 2 N–H and O–H groups in total. The van der Waals surface area contributed by atoms with Gasteiger partial charge in [-0.3, -0.25) is 4.98 Å². The summed E-state index contributed by atoms with van der Waals surface area (Å²) in [5.74, 6) is 0. The summed E-state index contributed by atoms with van der Waals surface area (Å²) in [5.41, 5.74) is 3.44. The summed E-state index contributed by atoms with van der Waals surface area (Å²) in [7, 11) is 0. The zero-order valence-electron chi connectivity index (χ0n) is 14.0. The SMILES string of the molecule is CC[C@@H](NC(=O)Nc1cc(-n2cnnn2)ccc1C)c1ccncc1. The number of aryl methyl sites for hydroxylation is 1. The standard InChI is InChI=1S/C17H19N7O/c1-3-15(13-6-8-18-9-7-13)20-17(25)21-16-10-14(5-4-12(16)2)24-11-19-22-23-24/h4-11,15H,3H2,1-2H3,(H2,20,21,25)/t15-/m1/s1. The Morgan fingerprint density at radius 3 is 2.72 bits per heavy atom. The van der Waals surface area contributed by atoms with Crippen molar-refractivity contribution in [2.45, 2.75) is 26.3 Å². The van der Waals surface area contributed by atoms with Gasteiger partial charge in [-0.15, -0.1) is 5.10 Å². The van der Waals surface area contributed by atoms with Gasteiger partial charge in [0.25, 0.3) is 0 Å². The van der Waals surface area contributed by atoms with Crippen LogP contribution in [0.15, 0.2) is 49.1 Å². The lowest BCUT2D eigenvalue weighted by atomic mass is 10.1. The van der Waals surface area contributed by atoms with Crippen molar-refractivity contribution in [1.82, 2.24) is 30.5 Å². The summed E-state index contributed by atoms with van der Waals surface area (Å²) < 4.78 is 1.54. The largest absolute Gasteiger partial charge is 0.331 e. The molecule has 1 atom stereocenters. The predicted molar refractivity (Wildman–Crippen MR) is 93.3 cm³/mol. The molecule has 0 aliphatic rings. The molecule has 0 radical (unpaired) electrons. The number of carbonyl (C=O) groups excluding carboxylic acids is 1. The molecule has 2 aromatic heterocycles. The quantitative estimate of drug-likeness (QED) is 0.746. The van der Waals surface area contributed by atoms with Crippen LogP contribution in [0.25, 0.3) is 5.69 Å². The number of nitrogens with one attached hydrogen (secondary N) is 2. The number of amides is 2. The molecule has 0 saturated heterocycles. The molecule has 128 valence electrons. The molecule has 0 saturated carbocycles. The fraction of sp³-hybridized carbons (Fsp3) is 0.235. The summed E-state index contributed by atoms with van der Waals surface area (Å²) in [5, 5.41) is 17.0. The molecule has 3 rings (SSSR count). The molecule has 8 nitrogen and oxygen atoms in total. The van der Waals surface area contributed by atoms with Gasteiger partial charge >= 0.3 is 6.03 Å². The number of hydrogen-bond acceptors (Lipinski definition) is 5. The lowest BCUT2D eigenvalue weighted by Crippen LogP contribution is -2.32. The minimum absolute atomic E-state index is 0.0778. The third-order valence-corrected chi connectivity index (χ3v) is 3.90. The van der Waals surface area contributed by atoms with Gasteiger partial charge in [0.1, 0.15) is 6.33 Å². The predicted octanol–water partition coefficient (Wildman–Crippen LogP) is 2.64. The Morgan fingerprint density at radius 1 is 1.24 bits per heavy atom. The Hall–Kier alpha value is -3.29. The van der Waals surface area contributed by atoms with Crippen LogP contribution in [-0.2, 0) is 0 Å². The topological polar surface area (TPSA) is 97.6 Å². The van der Waals surface area contributed by atoms with Crippen LogP contribution in [0, 0.1) is 6.92 Å².